The van der Waals surface area contributed by atoms with Crippen molar-refractivity contribution in [2.45, 2.75) is 6.54 Å². The Hall–Kier alpha value is -1.92. The van der Waals surface area contributed by atoms with Gasteiger partial charge in [-0.15, -0.1) is 11.3 Å². The Balaban J connectivity index is 2.16. The number of aryl methyl sites for hydroxylation is 1. The van der Waals surface area contributed by atoms with Crippen LogP contribution in [0.5, 0.6) is 0 Å². The SMILES string of the molecule is Cn1c(=O)oc2cc(-c3cnc(CN)s3)ccc21. The number of nitrogens with zero attached hydrogens (tertiary/aromatic N) is 2. The molecule has 0 aliphatic rings. The van der Waals surface area contributed by atoms with Gasteiger partial charge in [0.25, 0.3) is 0 Å². The molecule has 6 heteroatoms. The van der Waals surface area contributed by atoms with Crippen LogP contribution < -0.4 is 11.5 Å². The van der Waals surface area contributed by atoms with Crippen molar-refractivity contribution < 1.29 is 4.42 Å². The van der Waals surface area contributed by atoms with Crippen LogP contribution in [0.25, 0.3) is 21.5 Å². The fourth-order valence-electron chi connectivity index (χ4n) is 1.83. The van der Waals surface area contributed by atoms with Crippen LogP contribution >= 0.6 is 11.3 Å². The van der Waals surface area contributed by atoms with Crippen molar-refractivity contribution in [3.8, 4) is 10.4 Å². The predicted molar refractivity (Wildman–Crippen MR) is 70.5 cm³/mol. The summed E-state index contributed by atoms with van der Waals surface area (Å²) in [6.45, 7) is 0.438. The molecule has 0 bridgehead atoms. The predicted octanol–water partition coefficient (Wildman–Crippen LogP) is 1.71. The van der Waals surface area contributed by atoms with E-state index in [0.29, 0.717) is 12.1 Å². The molecule has 0 spiro atoms. The van der Waals surface area contributed by atoms with E-state index in [0.717, 1.165) is 21.0 Å². The quantitative estimate of drug-likeness (QED) is 0.762. The molecule has 0 fully saturated rings. The van der Waals surface area contributed by atoms with Crippen molar-refractivity contribution in [2.24, 2.45) is 12.8 Å². The van der Waals surface area contributed by atoms with Gasteiger partial charge in [-0.05, 0) is 17.7 Å². The van der Waals surface area contributed by atoms with Crippen molar-refractivity contribution in [3.63, 3.8) is 0 Å². The highest BCUT2D eigenvalue weighted by Gasteiger charge is 2.09. The maximum Gasteiger partial charge on any atom is 0.419 e. The largest absolute Gasteiger partial charge is 0.419 e. The van der Waals surface area contributed by atoms with E-state index in [1.807, 2.05) is 18.2 Å². The minimum absolute atomic E-state index is 0.353. The molecule has 0 saturated heterocycles. The molecule has 0 saturated carbocycles. The molecule has 2 heterocycles. The minimum atomic E-state index is -0.353. The number of rotatable bonds is 2. The van der Waals surface area contributed by atoms with Crippen molar-refractivity contribution in [3.05, 3.63) is 40.0 Å². The van der Waals surface area contributed by atoms with Gasteiger partial charge >= 0.3 is 5.76 Å². The molecule has 2 N–H and O–H groups in total. The van der Waals surface area contributed by atoms with Crippen molar-refractivity contribution >= 4 is 22.4 Å². The highest BCUT2D eigenvalue weighted by atomic mass is 32.1. The van der Waals surface area contributed by atoms with Crippen LogP contribution in [-0.4, -0.2) is 9.55 Å². The Morgan fingerprint density at radius 1 is 1.50 bits per heavy atom. The standard InChI is InChI=1S/C12H11N3O2S/c1-15-8-3-2-7(4-9(8)17-12(15)16)10-6-14-11(5-13)18-10/h2-4,6H,5,13H2,1H3. The summed E-state index contributed by atoms with van der Waals surface area (Å²) in [7, 11) is 1.69. The molecule has 0 aliphatic carbocycles. The normalized spacial score (nSPS) is 11.2. The summed E-state index contributed by atoms with van der Waals surface area (Å²) >= 11 is 1.54. The van der Waals surface area contributed by atoms with Crippen LogP contribution in [0.4, 0.5) is 0 Å². The van der Waals surface area contributed by atoms with E-state index in [9.17, 15) is 4.79 Å². The number of fused-ring (bicyclic) bond motifs is 1. The summed E-state index contributed by atoms with van der Waals surface area (Å²) < 4.78 is 6.64. The van der Waals surface area contributed by atoms with Crippen LogP contribution in [0.2, 0.25) is 0 Å². The molecule has 3 aromatic rings. The summed E-state index contributed by atoms with van der Waals surface area (Å²) in [5.74, 6) is -0.353. The van der Waals surface area contributed by atoms with Crippen LogP contribution in [0.15, 0.2) is 33.6 Å². The summed E-state index contributed by atoms with van der Waals surface area (Å²) in [5.41, 5.74) is 7.89. The van der Waals surface area contributed by atoms with Crippen molar-refractivity contribution in [1.29, 1.82) is 0 Å². The molecule has 5 nitrogen and oxygen atoms in total. The topological polar surface area (TPSA) is 74.0 Å². The number of hydrogen-bond acceptors (Lipinski definition) is 5. The molecule has 0 amide bonds. The third kappa shape index (κ3) is 1.66. The molecule has 1 aromatic carbocycles. The first-order valence-corrected chi connectivity index (χ1v) is 6.25. The molecule has 0 radical (unpaired) electrons. The van der Waals surface area contributed by atoms with Crippen LogP contribution in [0, 0.1) is 0 Å². The second kappa shape index (κ2) is 4.08. The minimum Gasteiger partial charge on any atom is -0.408 e. The lowest BCUT2D eigenvalue weighted by atomic mass is 10.2. The van der Waals surface area contributed by atoms with Crippen LogP contribution in [-0.2, 0) is 13.6 Å². The molecular weight excluding hydrogens is 250 g/mol. The molecule has 18 heavy (non-hydrogen) atoms. The summed E-state index contributed by atoms with van der Waals surface area (Å²) in [6.07, 6.45) is 1.79. The van der Waals surface area contributed by atoms with Gasteiger partial charge in [-0.25, -0.2) is 9.78 Å². The maximum absolute atomic E-state index is 11.4. The number of hydrogen-bond donors (Lipinski definition) is 1. The van der Waals surface area contributed by atoms with Gasteiger partial charge in [-0.2, -0.15) is 0 Å². The van der Waals surface area contributed by atoms with Crippen molar-refractivity contribution in [2.75, 3.05) is 0 Å². The molecule has 3 rings (SSSR count). The smallest absolute Gasteiger partial charge is 0.408 e. The van der Waals surface area contributed by atoms with Crippen LogP contribution in [0.1, 0.15) is 5.01 Å². The number of thiazole rings is 1. The van der Waals surface area contributed by atoms with Crippen LogP contribution in [0.3, 0.4) is 0 Å². The summed E-state index contributed by atoms with van der Waals surface area (Å²) in [5, 5.41) is 0.889. The highest BCUT2D eigenvalue weighted by molar-refractivity contribution is 7.15. The van der Waals surface area contributed by atoms with Gasteiger partial charge in [-0.3, -0.25) is 4.57 Å². The first-order valence-electron chi connectivity index (χ1n) is 5.44. The van der Waals surface area contributed by atoms with Gasteiger partial charge in [0, 0.05) is 19.8 Å². The number of aromatic nitrogens is 2. The van der Waals surface area contributed by atoms with Gasteiger partial charge in [0.1, 0.15) is 5.01 Å². The first-order chi connectivity index (χ1) is 8.69. The lowest BCUT2D eigenvalue weighted by Gasteiger charge is -1.96. The van der Waals surface area contributed by atoms with Gasteiger partial charge in [0.2, 0.25) is 0 Å². The number of oxazole rings is 1. The molecule has 0 aliphatic heterocycles. The Morgan fingerprint density at radius 2 is 2.33 bits per heavy atom. The zero-order valence-electron chi connectivity index (χ0n) is 9.71. The Morgan fingerprint density at radius 3 is 3.06 bits per heavy atom. The molecule has 2 aromatic heterocycles. The fourth-order valence-corrected chi connectivity index (χ4v) is 2.62. The molecule has 0 atom stereocenters. The second-order valence-corrected chi connectivity index (χ2v) is 5.05. The average molecular weight is 261 g/mol. The van der Waals surface area contributed by atoms with E-state index >= 15 is 0 Å². The number of benzene rings is 1. The lowest BCUT2D eigenvalue weighted by molar-refractivity contribution is 0.528. The second-order valence-electron chi connectivity index (χ2n) is 3.93. The highest BCUT2D eigenvalue weighted by Crippen LogP contribution is 2.28. The van der Waals surface area contributed by atoms with Gasteiger partial charge in [0.15, 0.2) is 5.58 Å². The third-order valence-corrected chi connectivity index (χ3v) is 3.87. The zero-order chi connectivity index (χ0) is 12.7. The van der Waals surface area contributed by atoms with E-state index in [1.165, 1.54) is 4.57 Å². The number of nitrogens with two attached hydrogens (primary N) is 1. The molecular formula is C12H11N3O2S. The monoisotopic (exact) mass is 261 g/mol. The van der Waals surface area contributed by atoms with E-state index in [-0.39, 0.29) is 5.76 Å². The van der Waals surface area contributed by atoms with E-state index < -0.39 is 0 Å². The Bertz CT molecular complexity index is 769. The first kappa shape index (κ1) is 11.2. The third-order valence-electron chi connectivity index (χ3n) is 2.80. The fraction of sp³-hybridized carbons (Fsp3) is 0.167. The van der Waals surface area contributed by atoms with E-state index in [2.05, 4.69) is 4.98 Å². The van der Waals surface area contributed by atoms with Gasteiger partial charge in [0.05, 0.1) is 10.4 Å². The zero-order valence-corrected chi connectivity index (χ0v) is 10.5. The maximum atomic E-state index is 11.4. The average Bonchev–Trinajstić information content (AvgIpc) is 2.95. The van der Waals surface area contributed by atoms with Crippen molar-refractivity contribution in [1.82, 2.24) is 9.55 Å². The Labute approximate surface area is 106 Å². The Kier molecular flexibility index (Phi) is 2.53. The lowest BCUT2D eigenvalue weighted by Crippen LogP contribution is -2.08. The van der Waals surface area contributed by atoms with E-state index in [4.69, 9.17) is 10.2 Å². The molecule has 0 unspecified atom stereocenters. The molecule has 92 valence electrons. The summed E-state index contributed by atoms with van der Waals surface area (Å²) in [4.78, 5) is 16.6. The van der Waals surface area contributed by atoms with E-state index in [1.54, 1.807) is 24.6 Å². The van der Waals surface area contributed by atoms with Gasteiger partial charge in [-0.1, -0.05) is 6.07 Å². The summed E-state index contributed by atoms with van der Waals surface area (Å²) in [6, 6.07) is 5.67. The van der Waals surface area contributed by atoms with Gasteiger partial charge < -0.3 is 10.2 Å².